The molecule has 1 rings (SSSR count). The van der Waals surface area contributed by atoms with Gasteiger partial charge in [-0.25, -0.2) is 0 Å². The van der Waals surface area contributed by atoms with Crippen molar-refractivity contribution in [1.82, 2.24) is 0 Å². The van der Waals surface area contributed by atoms with Crippen molar-refractivity contribution in [2.75, 3.05) is 0 Å². The van der Waals surface area contributed by atoms with Gasteiger partial charge in [-0.05, 0) is 6.92 Å². The van der Waals surface area contributed by atoms with E-state index in [4.69, 9.17) is 9.15 Å². The van der Waals surface area contributed by atoms with Gasteiger partial charge < -0.3 is 9.15 Å². The zero-order chi connectivity index (χ0) is 7.56. The van der Waals surface area contributed by atoms with Crippen molar-refractivity contribution in [2.45, 2.75) is 13.8 Å². The summed E-state index contributed by atoms with van der Waals surface area (Å²) in [5.74, 6) is 0.784. The molecule has 0 saturated carbocycles. The second-order valence-corrected chi connectivity index (χ2v) is 1.93. The molecule has 0 aliphatic carbocycles. The lowest BCUT2D eigenvalue weighted by molar-refractivity contribution is -0.131. The molecular formula is C7H8O3. The summed E-state index contributed by atoms with van der Waals surface area (Å²) < 4.78 is 9.64. The summed E-state index contributed by atoms with van der Waals surface area (Å²) in [5.41, 5.74) is 0. The number of carbonyl (C=O) groups excluding carboxylic acids is 1. The molecular weight excluding hydrogens is 132 g/mol. The predicted molar refractivity (Wildman–Crippen MR) is 34.8 cm³/mol. The van der Waals surface area contributed by atoms with E-state index in [1.807, 2.05) is 0 Å². The van der Waals surface area contributed by atoms with Crippen LogP contribution in [0.5, 0.6) is 5.75 Å². The Bertz CT molecular complexity index is 237. The molecule has 1 aromatic heterocycles. The number of hydrogen-bond donors (Lipinski definition) is 0. The third-order valence-electron chi connectivity index (χ3n) is 1.06. The van der Waals surface area contributed by atoms with Gasteiger partial charge in [0.2, 0.25) is 0 Å². The maximum atomic E-state index is 10.4. The maximum absolute atomic E-state index is 10.4. The lowest BCUT2D eigenvalue weighted by Gasteiger charge is -1.95. The average molecular weight is 140 g/mol. The molecule has 0 aliphatic heterocycles. The Morgan fingerprint density at radius 3 is 2.80 bits per heavy atom. The molecule has 1 heterocycles. The fraction of sp³-hybridized carbons (Fsp3) is 0.286. The minimum Gasteiger partial charge on any atom is -0.466 e. The third-order valence-corrected chi connectivity index (χ3v) is 1.06. The molecule has 0 N–H and O–H groups in total. The van der Waals surface area contributed by atoms with Crippen LogP contribution in [0.4, 0.5) is 0 Å². The summed E-state index contributed by atoms with van der Waals surface area (Å²) in [7, 11) is 0. The van der Waals surface area contributed by atoms with E-state index in [0.29, 0.717) is 11.5 Å². The van der Waals surface area contributed by atoms with Gasteiger partial charge in [0.05, 0.1) is 6.26 Å². The van der Waals surface area contributed by atoms with Crippen molar-refractivity contribution < 1.29 is 13.9 Å². The molecule has 0 atom stereocenters. The van der Waals surface area contributed by atoms with Crippen molar-refractivity contribution in [3.05, 3.63) is 18.1 Å². The zero-order valence-electron chi connectivity index (χ0n) is 5.88. The van der Waals surface area contributed by atoms with Crippen LogP contribution in [0, 0.1) is 6.92 Å². The van der Waals surface area contributed by atoms with Crippen LogP contribution >= 0.6 is 0 Å². The molecule has 54 valence electrons. The van der Waals surface area contributed by atoms with Crippen molar-refractivity contribution in [3.8, 4) is 5.75 Å². The molecule has 1 aromatic rings. The summed E-state index contributed by atoms with van der Waals surface area (Å²) in [6.07, 6.45) is 1.48. The lowest BCUT2D eigenvalue weighted by atomic mass is 10.4. The Kier molecular flexibility index (Phi) is 1.76. The number of furan rings is 1. The molecule has 0 amide bonds. The van der Waals surface area contributed by atoms with Crippen molar-refractivity contribution in [1.29, 1.82) is 0 Å². The van der Waals surface area contributed by atoms with Crippen LogP contribution in [0.2, 0.25) is 0 Å². The van der Waals surface area contributed by atoms with E-state index in [9.17, 15) is 4.79 Å². The molecule has 0 fully saturated rings. The van der Waals surface area contributed by atoms with E-state index >= 15 is 0 Å². The molecule has 0 spiro atoms. The second kappa shape index (κ2) is 2.56. The Morgan fingerprint density at radius 1 is 1.70 bits per heavy atom. The largest absolute Gasteiger partial charge is 0.466 e. The Morgan fingerprint density at radius 2 is 2.40 bits per heavy atom. The number of rotatable bonds is 1. The topological polar surface area (TPSA) is 39.4 Å². The molecule has 0 radical (unpaired) electrons. The molecule has 0 unspecified atom stereocenters. The van der Waals surface area contributed by atoms with Crippen LogP contribution in [0.15, 0.2) is 16.7 Å². The predicted octanol–water partition coefficient (Wildman–Crippen LogP) is 1.51. The van der Waals surface area contributed by atoms with Gasteiger partial charge in [-0.15, -0.1) is 0 Å². The lowest BCUT2D eigenvalue weighted by Crippen LogP contribution is -2.00. The smallest absolute Gasteiger partial charge is 0.308 e. The normalized spacial score (nSPS) is 9.40. The van der Waals surface area contributed by atoms with Crippen LogP contribution in [-0.4, -0.2) is 5.97 Å². The van der Waals surface area contributed by atoms with Gasteiger partial charge in [0.25, 0.3) is 0 Å². The Labute approximate surface area is 58.6 Å². The van der Waals surface area contributed by atoms with Gasteiger partial charge in [0.1, 0.15) is 5.76 Å². The maximum Gasteiger partial charge on any atom is 0.308 e. The quantitative estimate of drug-likeness (QED) is 0.555. The number of carbonyl (C=O) groups is 1. The van der Waals surface area contributed by atoms with E-state index in [2.05, 4.69) is 0 Å². The van der Waals surface area contributed by atoms with Crippen molar-refractivity contribution in [2.24, 2.45) is 0 Å². The Balaban J connectivity index is 2.74. The zero-order valence-corrected chi connectivity index (χ0v) is 5.88. The highest BCUT2D eigenvalue weighted by atomic mass is 16.5. The Hall–Kier alpha value is -1.25. The van der Waals surface area contributed by atoms with E-state index in [1.54, 1.807) is 13.0 Å². The van der Waals surface area contributed by atoms with Gasteiger partial charge in [-0.2, -0.15) is 0 Å². The molecule has 10 heavy (non-hydrogen) atoms. The molecule has 3 heteroatoms. The SMILES string of the molecule is CC(=O)Oc1ccoc1C. The molecule has 3 nitrogen and oxygen atoms in total. The molecule has 0 aromatic carbocycles. The van der Waals surface area contributed by atoms with E-state index in [-0.39, 0.29) is 5.97 Å². The summed E-state index contributed by atoms with van der Waals surface area (Å²) >= 11 is 0. The fourth-order valence-corrected chi connectivity index (χ4v) is 0.634. The summed E-state index contributed by atoms with van der Waals surface area (Å²) in [4.78, 5) is 10.4. The summed E-state index contributed by atoms with van der Waals surface area (Å²) in [5, 5.41) is 0. The number of esters is 1. The van der Waals surface area contributed by atoms with Gasteiger partial charge in [0, 0.05) is 13.0 Å². The highest BCUT2D eigenvalue weighted by molar-refractivity contribution is 5.69. The highest BCUT2D eigenvalue weighted by Gasteiger charge is 2.03. The minimum atomic E-state index is -0.329. The third kappa shape index (κ3) is 1.37. The van der Waals surface area contributed by atoms with Crippen LogP contribution < -0.4 is 4.74 Å². The van der Waals surface area contributed by atoms with E-state index < -0.39 is 0 Å². The van der Waals surface area contributed by atoms with Crippen LogP contribution in [0.25, 0.3) is 0 Å². The van der Waals surface area contributed by atoms with Crippen LogP contribution in [-0.2, 0) is 4.79 Å². The summed E-state index contributed by atoms with van der Waals surface area (Å²) in [6.45, 7) is 3.09. The monoisotopic (exact) mass is 140 g/mol. The van der Waals surface area contributed by atoms with Crippen LogP contribution in [0.1, 0.15) is 12.7 Å². The summed E-state index contributed by atoms with van der Waals surface area (Å²) in [6, 6.07) is 1.61. The van der Waals surface area contributed by atoms with E-state index in [0.717, 1.165) is 0 Å². The van der Waals surface area contributed by atoms with Crippen molar-refractivity contribution in [3.63, 3.8) is 0 Å². The number of hydrogen-bond acceptors (Lipinski definition) is 3. The minimum absolute atomic E-state index is 0.329. The van der Waals surface area contributed by atoms with Gasteiger partial charge >= 0.3 is 5.97 Å². The first-order valence-electron chi connectivity index (χ1n) is 2.92. The van der Waals surface area contributed by atoms with Crippen molar-refractivity contribution >= 4 is 5.97 Å². The first-order chi connectivity index (χ1) is 4.70. The van der Waals surface area contributed by atoms with Gasteiger partial charge in [-0.3, -0.25) is 4.79 Å². The highest BCUT2D eigenvalue weighted by Crippen LogP contribution is 2.17. The molecule has 0 bridgehead atoms. The van der Waals surface area contributed by atoms with Gasteiger partial charge in [0.15, 0.2) is 5.75 Å². The number of ether oxygens (including phenoxy) is 1. The second-order valence-electron chi connectivity index (χ2n) is 1.93. The van der Waals surface area contributed by atoms with Gasteiger partial charge in [-0.1, -0.05) is 0 Å². The fourth-order valence-electron chi connectivity index (χ4n) is 0.634. The van der Waals surface area contributed by atoms with Crippen LogP contribution in [0.3, 0.4) is 0 Å². The van der Waals surface area contributed by atoms with E-state index in [1.165, 1.54) is 13.2 Å². The number of aryl methyl sites for hydroxylation is 1. The average Bonchev–Trinajstić information content (AvgIpc) is 2.15. The first-order valence-corrected chi connectivity index (χ1v) is 2.92. The molecule has 0 aliphatic rings. The first kappa shape index (κ1) is 6.86. The molecule has 0 saturated heterocycles. The standard InChI is InChI=1S/C7H8O3/c1-5-7(3-4-9-5)10-6(2)8/h3-4H,1-2H3.